The standard InChI is InChI=1S/C22H30N2O5S/c1-14-7-5-6-8-17(14)23-21(25)13-30(26)12-18-15(2)29-22(24-18)16-9-10-19(27-3)20(11-16)28-4/h9-11,14,17H,5-8,12-13H2,1-4H3,(H,23,25)/t14-,17+,30+/m1/s1. The normalized spacial score (nSPS) is 19.9. The van der Waals surface area contributed by atoms with E-state index < -0.39 is 10.8 Å². The predicted molar refractivity (Wildman–Crippen MR) is 116 cm³/mol. The van der Waals surface area contributed by atoms with Crippen molar-refractivity contribution in [1.29, 1.82) is 0 Å². The Labute approximate surface area is 180 Å². The minimum Gasteiger partial charge on any atom is -0.493 e. The molecular formula is C22H30N2O5S. The van der Waals surface area contributed by atoms with Gasteiger partial charge in [0.15, 0.2) is 11.5 Å². The zero-order valence-corrected chi connectivity index (χ0v) is 18.8. The minimum atomic E-state index is -1.36. The lowest BCUT2D eigenvalue weighted by Gasteiger charge is -2.29. The summed E-state index contributed by atoms with van der Waals surface area (Å²) in [7, 11) is 1.78. The first-order valence-electron chi connectivity index (χ1n) is 10.2. The monoisotopic (exact) mass is 434 g/mol. The van der Waals surface area contributed by atoms with Crippen molar-refractivity contribution in [2.75, 3.05) is 20.0 Å². The lowest BCUT2D eigenvalue weighted by Crippen LogP contribution is -2.42. The molecule has 1 amide bonds. The Kier molecular flexibility index (Phi) is 7.53. The van der Waals surface area contributed by atoms with E-state index >= 15 is 0 Å². The summed E-state index contributed by atoms with van der Waals surface area (Å²) in [5.74, 6) is 2.66. The summed E-state index contributed by atoms with van der Waals surface area (Å²) in [5.41, 5.74) is 1.33. The number of aromatic nitrogens is 1. The fourth-order valence-corrected chi connectivity index (χ4v) is 4.83. The van der Waals surface area contributed by atoms with Crippen LogP contribution in [0.5, 0.6) is 11.5 Å². The van der Waals surface area contributed by atoms with E-state index in [0.29, 0.717) is 34.8 Å². The average molecular weight is 435 g/mol. The van der Waals surface area contributed by atoms with Gasteiger partial charge < -0.3 is 19.2 Å². The van der Waals surface area contributed by atoms with E-state index in [9.17, 15) is 9.00 Å². The van der Waals surface area contributed by atoms with Crippen LogP contribution in [0.1, 0.15) is 44.1 Å². The van der Waals surface area contributed by atoms with Crippen molar-refractivity contribution in [3.63, 3.8) is 0 Å². The summed E-state index contributed by atoms with van der Waals surface area (Å²) < 4.78 is 28.9. The minimum absolute atomic E-state index is 0.0266. The molecule has 164 valence electrons. The lowest BCUT2D eigenvalue weighted by atomic mass is 9.86. The van der Waals surface area contributed by atoms with E-state index in [1.165, 1.54) is 6.42 Å². The zero-order chi connectivity index (χ0) is 21.7. The van der Waals surface area contributed by atoms with Gasteiger partial charge in [-0.1, -0.05) is 19.8 Å². The Hall–Kier alpha value is -2.35. The molecule has 0 bridgehead atoms. The number of hydrogen-bond acceptors (Lipinski definition) is 6. The molecule has 1 fully saturated rings. The number of aryl methyl sites for hydroxylation is 1. The van der Waals surface area contributed by atoms with Crippen molar-refractivity contribution in [3.8, 4) is 23.0 Å². The fourth-order valence-electron chi connectivity index (χ4n) is 3.78. The van der Waals surface area contributed by atoms with Gasteiger partial charge in [-0.3, -0.25) is 9.00 Å². The molecule has 3 atom stereocenters. The molecular weight excluding hydrogens is 404 g/mol. The Bertz CT molecular complexity index is 911. The summed E-state index contributed by atoms with van der Waals surface area (Å²) in [5, 5.41) is 3.05. The highest BCUT2D eigenvalue weighted by atomic mass is 32.2. The number of carbonyl (C=O) groups excluding carboxylic acids is 1. The second-order valence-electron chi connectivity index (χ2n) is 7.76. The quantitative estimate of drug-likeness (QED) is 0.683. The maximum atomic E-state index is 12.6. The Morgan fingerprint density at radius 1 is 1.23 bits per heavy atom. The maximum absolute atomic E-state index is 12.6. The molecule has 0 saturated heterocycles. The largest absolute Gasteiger partial charge is 0.493 e. The van der Waals surface area contributed by atoms with Gasteiger partial charge in [-0.05, 0) is 43.9 Å². The van der Waals surface area contributed by atoms with E-state index in [0.717, 1.165) is 24.8 Å². The first-order chi connectivity index (χ1) is 14.4. The lowest BCUT2D eigenvalue weighted by molar-refractivity contribution is -0.119. The first kappa shape index (κ1) is 22.3. The average Bonchev–Trinajstić information content (AvgIpc) is 3.09. The molecule has 2 aromatic rings. The van der Waals surface area contributed by atoms with Crippen LogP contribution in [0.15, 0.2) is 22.6 Å². The molecule has 1 heterocycles. The maximum Gasteiger partial charge on any atom is 0.232 e. The molecule has 0 spiro atoms. The molecule has 0 aliphatic heterocycles. The summed E-state index contributed by atoms with van der Waals surface area (Å²) in [6.07, 6.45) is 4.48. The van der Waals surface area contributed by atoms with Gasteiger partial charge in [0.2, 0.25) is 11.8 Å². The summed E-state index contributed by atoms with van der Waals surface area (Å²) >= 11 is 0. The predicted octanol–water partition coefficient (Wildman–Crippen LogP) is 3.61. The molecule has 1 aromatic heterocycles. The number of ether oxygens (including phenoxy) is 2. The molecule has 30 heavy (non-hydrogen) atoms. The van der Waals surface area contributed by atoms with Crippen LogP contribution in [0, 0.1) is 12.8 Å². The second kappa shape index (κ2) is 10.1. The molecule has 0 unspecified atom stereocenters. The number of hydrogen-bond donors (Lipinski definition) is 1. The third-order valence-corrected chi connectivity index (χ3v) is 6.75. The van der Waals surface area contributed by atoms with Crippen LogP contribution in [0.25, 0.3) is 11.5 Å². The molecule has 7 nitrogen and oxygen atoms in total. The number of nitrogens with one attached hydrogen (secondary N) is 1. The zero-order valence-electron chi connectivity index (χ0n) is 18.0. The molecule has 1 N–H and O–H groups in total. The van der Waals surface area contributed by atoms with E-state index in [2.05, 4.69) is 17.2 Å². The van der Waals surface area contributed by atoms with Crippen molar-refractivity contribution >= 4 is 16.7 Å². The van der Waals surface area contributed by atoms with Crippen LogP contribution in [0.4, 0.5) is 0 Å². The van der Waals surface area contributed by atoms with Crippen molar-refractivity contribution in [2.24, 2.45) is 5.92 Å². The van der Waals surface area contributed by atoms with Gasteiger partial charge in [0.05, 0.1) is 25.7 Å². The van der Waals surface area contributed by atoms with Crippen molar-refractivity contribution in [2.45, 2.75) is 51.3 Å². The third kappa shape index (κ3) is 5.41. The molecule has 1 aromatic carbocycles. The molecule has 1 aliphatic rings. The topological polar surface area (TPSA) is 90.7 Å². The highest BCUT2D eigenvalue weighted by molar-refractivity contribution is 7.84. The van der Waals surface area contributed by atoms with Crippen LogP contribution in [-0.2, 0) is 21.3 Å². The SMILES string of the molecule is COc1ccc(-c2nc(C[S@](=O)CC(=O)N[C@H]3CCCC[C@H]3C)c(C)o2)cc1OC. The van der Waals surface area contributed by atoms with Crippen molar-refractivity contribution in [1.82, 2.24) is 10.3 Å². The Balaban J connectivity index is 1.62. The molecule has 1 saturated carbocycles. The number of methoxy groups -OCH3 is 2. The van der Waals surface area contributed by atoms with Crippen LogP contribution in [-0.4, -0.2) is 41.1 Å². The van der Waals surface area contributed by atoms with E-state index in [-0.39, 0.29) is 23.5 Å². The summed E-state index contributed by atoms with van der Waals surface area (Å²) in [4.78, 5) is 16.8. The van der Waals surface area contributed by atoms with E-state index in [1.54, 1.807) is 33.3 Å². The van der Waals surface area contributed by atoms with Crippen molar-refractivity contribution < 1.29 is 22.9 Å². The van der Waals surface area contributed by atoms with Crippen LogP contribution >= 0.6 is 0 Å². The number of nitrogens with zero attached hydrogens (tertiary/aromatic N) is 1. The van der Waals surface area contributed by atoms with Gasteiger partial charge in [-0.25, -0.2) is 4.98 Å². The van der Waals surface area contributed by atoms with Gasteiger partial charge in [-0.2, -0.15) is 0 Å². The van der Waals surface area contributed by atoms with Crippen LogP contribution in [0.2, 0.25) is 0 Å². The number of carbonyl (C=O) groups is 1. The number of oxazole rings is 1. The number of benzene rings is 1. The van der Waals surface area contributed by atoms with Crippen molar-refractivity contribution in [3.05, 3.63) is 29.7 Å². The summed E-state index contributed by atoms with van der Waals surface area (Å²) in [6.45, 7) is 3.95. The summed E-state index contributed by atoms with van der Waals surface area (Å²) in [6, 6.07) is 5.58. The van der Waals surface area contributed by atoms with Gasteiger partial charge in [0, 0.05) is 22.4 Å². The second-order valence-corrected chi connectivity index (χ2v) is 9.21. The van der Waals surface area contributed by atoms with Crippen LogP contribution in [0.3, 0.4) is 0 Å². The highest BCUT2D eigenvalue weighted by Crippen LogP contribution is 2.32. The first-order valence-corrected chi connectivity index (χ1v) is 11.7. The third-order valence-electron chi connectivity index (χ3n) is 5.57. The van der Waals surface area contributed by atoms with E-state index in [1.807, 2.05) is 6.07 Å². The van der Waals surface area contributed by atoms with Crippen LogP contribution < -0.4 is 14.8 Å². The smallest absolute Gasteiger partial charge is 0.232 e. The van der Waals surface area contributed by atoms with Gasteiger partial charge in [0.25, 0.3) is 0 Å². The highest BCUT2D eigenvalue weighted by Gasteiger charge is 2.24. The van der Waals surface area contributed by atoms with Gasteiger partial charge in [0.1, 0.15) is 11.5 Å². The Morgan fingerprint density at radius 3 is 2.67 bits per heavy atom. The Morgan fingerprint density at radius 2 is 1.97 bits per heavy atom. The number of amides is 1. The molecule has 0 radical (unpaired) electrons. The fraction of sp³-hybridized carbons (Fsp3) is 0.545. The molecule has 1 aliphatic carbocycles. The van der Waals surface area contributed by atoms with E-state index in [4.69, 9.17) is 13.9 Å². The van der Waals surface area contributed by atoms with Gasteiger partial charge in [-0.15, -0.1) is 0 Å². The molecule has 3 rings (SSSR count). The number of rotatable bonds is 8. The van der Waals surface area contributed by atoms with Gasteiger partial charge >= 0.3 is 0 Å². The molecule has 8 heteroatoms.